The number of hydrogen-bond donors (Lipinski definition) is 1. The number of carbonyl (C=O) groups excluding carboxylic acids is 1. The second-order valence-electron chi connectivity index (χ2n) is 7.10. The molecule has 0 saturated carbocycles. The summed E-state index contributed by atoms with van der Waals surface area (Å²) in [6.45, 7) is 6.29. The normalized spacial score (nSPS) is 16.5. The Labute approximate surface area is 179 Å². The Morgan fingerprint density at radius 1 is 1.13 bits per heavy atom. The first kappa shape index (κ1) is 20.2. The summed E-state index contributed by atoms with van der Waals surface area (Å²) in [5, 5.41) is 3.27. The first-order chi connectivity index (χ1) is 14.5. The Morgan fingerprint density at radius 2 is 1.87 bits per heavy atom. The predicted molar refractivity (Wildman–Crippen MR) is 122 cm³/mol. The second-order valence-corrected chi connectivity index (χ2v) is 8.13. The summed E-state index contributed by atoms with van der Waals surface area (Å²) >= 11 is 1.29. The average Bonchev–Trinajstić information content (AvgIpc) is 3.22. The number of aromatic nitrogens is 1. The maximum absolute atomic E-state index is 13.1. The number of aliphatic imine (C=N–C) groups is 1. The topological polar surface area (TPSA) is 46.4 Å². The van der Waals surface area contributed by atoms with Crippen LogP contribution in [0.15, 0.2) is 64.5 Å². The van der Waals surface area contributed by atoms with Crippen molar-refractivity contribution in [3.8, 4) is 5.69 Å². The zero-order valence-electron chi connectivity index (χ0n) is 17.1. The molecular formula is C24H22FN3OS. The SMILES string of the molecule is CCc1ccccc1-n1c(C)cc(/C=C2\SC(=Nc3ccc(F)cc3)NC2=O)c1C. The van der Waals surface area contributed by atoms with Gasteiger partial charge in [0.1, 0.15) is 5.82 Å². The summed E-state index contributed by atoms with van der Waals surface area (Å²) in [6, 6.07) is 16.3. The van der Waals surface area contributed by atoms with Gasteiger partial charge < -0.3 is 9.88 Å². The van der Waals surface area contributed by atoms with E-state index in [2.05, 4.69) is 59.9 Å². The lowest BCUT2D eigenvalue weighted by molar-refractivity contribution is -0.115. The summed E-state index contributed by atoms with van der Waals surface area (Å²) in [6.07, 6.45) is 2.85. The van der Waals surface area contributed by atoms with Crippen LogP contribution in [0.1, 0.15) is 29.4 Å². The number of nitrogens with one attached hydrogen (secondary N) is 1. The van der Waals surface area contributed by atoms with Gasteiger partial charge in [-0.3, -0.25) is 4.79 Å². The molecule has 0 unspecified atom stereocenters. The number of halogens is 1. The molecule has 2 aromatic carbocycles. The molecule has 0 bridgehead atoms. The van der Waals surface area contributed by atoms with Gasteiger partial charge in [-0.25, -0.2) is 9.38 Å². The molecule has 1 aliphatic heterocycles. The van der Waals surface area contributed by atoms with Gasteiger partial charge in [0.05, 0.1) is 10.6 Å². The molecular weight excluding hydrogens is 397 g/mol. The third kappa shape index (κ3) is 3.96. The van der Waals surface area contributed by atoms with Gasteiger partial charge in [0.15, 0.2) is 5.17 Å². The molecule has 30 heavy (non-hydrogen) atoms. The lowest BCUT2D eigenvalue weighted by Gasteiger charge is -2.13. The van der Waals surface area contributed by atoms with E-state index in [0.717, 1.165) is 23.4 Å². The smallest absolute Gasteiger partial charge is 0.264 e. The highest BCUT2D eigenvalue weighted by Crippen LogP contribution is 2.31. The molecule has 1 amide bonds. The standard InChI is InChI=1S/C24H22FN3OS/c1-4-17-7-5-6-8-21(17)28-15(2)13-18(16(28)3)14-22-23(29)27-24(30-22)26-20-11-9-19(25)10-12-20/h5-14H,4H2,1-3H3,(H,26,27,29)/b22-14-. The fourth-order valence-electron chi connectivity index (χ4n) is 3.59. The molecule has 152 valence electrons. The Morgan fingerprint density at radius 3 is 2.60 bits per heavy atom. The third-order valence-corrected chi connectivity index (χ3v) is 5.99. The number of nitrogens with zero attached hydrogens (tertiary/aromatic N) is 2. The van der Waals surface area contributed by atoms with Crippen molar-refractivity contribution >= 4 is 34.6 Å². The van der Waals surface area contributed by atoms with Crippen molar-refractivity contribution in [2.75, 3.05) is 0 Å². The average molecular weight is 420 g/mol. The van der Waals surface area contributed by atoms with Gasteiger partial charge >= 0.3 is 0 Å². The van der Waals surface area contributed by atoms with Crippen molar-refractivity contribution in [1.29, 1.82) is 0 Å². The lowest BCUT2D eigenvalue weighted by atomic mass is 10.1. The van der Waals surface area contributed by atoms with E-state index in [9.17, 15) is 9.18 Å². The summed E-state index contributed by atoms with van der Waals surface area (Å²) in [4.78, 5) is 17.4. The minimum absolute atomic E-state index is 0.181. The number of thioether (sulfide) groups is 1. The molecule has 4 rings (SSSR count). The first-order valence-corrected chi connectivity index (χ1v) is 10.6. The van der Waals surface area contributed by atoms with E-state index in [4.69, 9.17) is 0 Å². The van der Waals surface area contributed by atoms with E-state index in [0.29, 0.717) is 15.8 Å². The number of para-hydroxylation sites is 1. The zero-order valence-corrected chi connectivity index (χ0v) is 17.9. The molecule has 0 aliphatic carbocycles. The van der Waals surface area contributed by atoms with Gasteiger partial charge in [0.25, 0.3) is 5.91 Å². The fraction of sp³-hybridized carbons (Fsp3) is 0.167. The number of amides is 1. The summed E-state index contributed by atoms with van der Waals surface area (Å²) in [5.74, 6) is -0.498. The van der Waals surface area contributed by atoms with Crippen molar-refractivity contribution in [2.45, 2.75) is 27.2 Å². The fourth-order valence-corrected chi connectivity index (χ4v) is 4.42. The van der Waals surface area contributed by atoms with Crippen molar-refractivity contribution in [3.05, 3.63) is 87.8 Å². The number of benzene rings is 2. The molecule has 1 aromatic heterocycles. The molecule has 4 nitrogen and oxygen atoms in total. The van der Waals surface area contributed by atoms with E-state index in [1.54, 1.807) is 12.1 Å². The van der Waals surface area contributed by atoms with Gasteiger partial charge in [-0.15, -0.1) is 0 Å². The maximum Gasteiger partial charge on any atom is 0.264 e. The van der Waals surface area contributed by atoms with Crippen molar-refractivity contribution in [3.63, 3.8) is 0 Å². The highest BCUT2D eigenvalue weighted by Gasteiger charge is 2.24. The second kappa shape index (κ2) is 8.32. The molecule has 2 heterocycles. The van der Waals surface area contributed by atoms with Crippen LogP contribution in [0.2, 0.25) is 0 Å². The molecule has 1 fully saturated rings. The molecule has 1 saturated heterocycles. The summed E-state index contributed by atoms with van der Waals surface area (Å²) in [5.41, 5.74) is 6.23. The van der Waals surface area contributed by atoms with Crippen LogP contribution in [0.5, 0.6) is 0 Å². The highest BCUT2D eigenvalue weighted by molar-refractivity contribution is 8.18. The Balaban J connectivity index is 1.66. The molecule has 0 spiro atoms. The van der Waals surface area contributed by atoms with Crippen LogP contribution >= 0.6 is 11.8 Å². The molecule has 0 atom stereocenters. The number of amidine groups is 1. The molecule has 6 heteroatoms. The van der Waals surface area contributed by atoms with Gasteiger partial charge in [-0.2, -0.15) is 0 Å². The van der Waals surface area contributed by atoms with Gasteiger partial charge in [-0.1, -0.05) is 25.1 Å². The molecule has 1 aliphatic rings. The van der Waals surface area contributed by atoms with Crippen LogP contribution in [0, 0.1) is 19.7 Å². The molecule has 3 aromatic rings. The lowest BCUT2D eigenvalue weighted by Crippen LogP contribution is -2.19. The molecule has 0 radical (unpaired) electrons. The van der Waals surface area contributed by atoms with Crippen molar-refractivity contribution < 1.29 is 9.18 Å². The van der Waals surface area contributed by atoms with Crippen LogP contribution in [0.25, 0.3) is 11.8 Å². The van der Waals surface area contributed by atoms with E-state index in [1.165, 1.54) is 35.1 Å². The van der Waals surface area contributed by atoms with E-state index in [1.807, 2.05) is 12.1 Å². The van der Waals surface area contributed by atoms with Crippen LogP contribution < -0.4 is 5.32 Å². The minimum atomic E-state index is -0.317. The minimum Gasteiger partial charge on any atom is -0.318 e. The number of rotatable bonds is 4. The predicted octanol–water partition coefficient (Wildman–Crippen LogP) is 5.69. The van der Waals surface area contributed by atoms with E-state index in [-0.39, 0.29) is 11.7 Å². The van der Waals surface area contributed by atoms with Crippen LogP contribution in [0.3, 0.4) is 0 Å². The Hall–Kier alpha value is -3.12. The van der Waals surface area contributed by atoms with Crippen LogP contribution in [0.4, 0.5) is 10.1 Å². The number of hydrogen-bond acceptors (Lipinski definition) is 3. The van der Waals surface area contributed by atoms with Gasteiger partial charge in [-0.05, 0) is 85.6 Å². The summed E-state index contributed by atoms with van der Waals surface area (Å²) in [7, 11) is 0. The monoisotopic (exact) mass is 419 g/mol. The van der Waals surface area contributed by atoms with Gasteiger partial charge in [0.2, 0.25) is 0 Å². The summed E-state index contributed by atoms with van der Waals surface area (Å²) < 4.78 is 15.3. The third-order valence-electron chi connectivity index (χ3n) is 5.08. The van der Waals surface area contributed by atoms with Gasteiger partial charge in [0, 0.05) is 17.1 Å². The maximum atomic E-state index is 13.1. The van der Waals surface area contributed by atoms with E-state index < -0.39 is 0 Å². The Bertz CT molecular complexity index is 1180. The van der Waals surface area contributed by atoms with Crippen LogP contribution in [-0.4, -0.2) is 15.6 Å². The highest BCUT2D eigenvalue weighted by atomic mass is 32.2. The van der Waals surface area contributed by atoms with Crippen molar-refractivity contribution in [1.82, 2.24) is 9.88 Å². The molecule has 1 N–H and O–H groups in total. The van der Waals surface area contributed by atoms with E-state index >= 15 is 0 Å². The Kier molecular flexibility index (Phi) is 5.59. The van der Waals surface area contributed by atoms with Crippen molar-refractivity contribution in [2.24, 2.45) is 4.99 Å². The number of aryl methyl sites for hydroxylation is 2. The zero-order chi connectivity index (χ0) is 21.3. The first-order valence-electron chi connectivity index (χ1n) is 9.78. The number of carbonyl (C=O) groups is 1. The van der Waals surface area contributed by atoms with Crippen LogP contribution in [-0.2, 0) is 11.2 Å². The quantitative estimate of drug-likeness (QED) is 0.553. The largest absolute Gasteiger partial charge is 0.318 e.